The van der Waals surface area contributed by atoms with Crippen molar-refractivity contribution in [3.63, 3.8) is 0 Å². The van der Waals surface area contributed by atoms with E-state index in [9.17, 15) is 4.79 Å². The molecular weight excluding hydrogens is 212 g/mol. The number of nitrogens with zero attached hydrogens (tertiary/aromatic N) is 1. The fourth-order valence-corrected chi connectivity index (χ4v) is 2.67. The van der Waals surface area contributed by atoms with Crippen LogP contribution in [0.2, 0.25) is 0 Å². The molecule has 3 unspecified atom stereocenters. The molecule has 1 aliphatic rings. The molecule has 1 aliphatic heterocycles. The average molecular weight is 240 g/mol. The molecule has 0 aliphatic carbocycles. The second-order valence-corrected chi connectivity index (χ2v) is 6.82. The highest BCUT2D eigenvalue weighted by atomic mass is 16.2. The van der Waals surface area contributed by atoms with Gasteiger partial charge in [0.25, 0.3) is 0 Å². The van der Waals surface area contributed by atoms with Gasteiger partial charge in [-0.25, -0.2) is 0 Å². The Bertz CT molecular complexity index is 260. The summed E-state index contributed by atoms with van der Waals surface area (Å²) in [7, 11) is 0. The number of piperidine rings is 1. The van der Waals surface area contributed by atoms with E-state index in [1.807, 2.05) is 27.7 Å². The molecule has 0 saturated carbocycles. The zero-order valence-electron chi connectivity index (χ0n) is 12.2. The number of nitrogens with one attached hydrogen (secondary N) is 1. The second-order valence-electron chi connectivity index (χ2n) is 6.82. The highest BCUT2D eigenvalue weighted by molar-refractivity contribution is 5.81. The van der Waals surface area contributed by atoms with Gasteiger partial charge >= 0.3 is 0 Å². The Labute approximate surface area is 106 Å². The third-order valence-electron chi connectivity index (χ3n) is 3.32. The molecule has 1 N–H and O–H groups in total. The Morgan fingerprint density at radius 2 is 1.71 bits per heavy atom. The number of likely N-dealkylation sites (tertiary alicyclic amines) is 1. The fourth-order valence-electron chi connectivity index (χ4n) is 2.67. The zero-order chi connectivity index (χ0) is 13.2. The van der Waals surface area contributed by atoms with E-state index in [0.29, 0.717) is 11.8 Å². The van der Waals surface area contributed by atoms with Crippen LogP contribution < -0.4 is 5.32 Å². The first-order chi connectivity index (χ1) is 7.69. The largest absolute Gasteiger partial charge is 0.350 e. The molecule has 0 aromatic carbocycles. The summed E-state index contributed by atoms with van der Waals surface area (Å²) in [5.74, 6) is 1.55. The standard InChI is InChI=1S/C14H28N2O/c1-10-7-11(2)9-16(8-10)12(3)13(17)15-14(4,5)6/h10-12H,7-9H2,1-6H3,(H,15,17). The average Bonchev–Trinajstić information content (AvgIpc) is 2.12. The molecule has 0 aromatic heterocycles. The van der Waals surface area contributed by atoms with Gasteiger partial charge in [0.2, 0.25) is 5.91 Å². The number of carbonyl (C=O) groups is 1. The van der Waals surface area contributed by atoms with Gasteiger partial charge in [0.05, 0.1) is 6.04 Å². The van der Waals surface area contributed by atoms with Crippen molar-refractivity contribution in [2.45, 2.75) is 59.5 Å². The molecule has 1 fully saturated rings. The monoisotopic (exact) mass is 240 g/mol. The molecule has 0 bridgehead atoms. The van der Waals surface area contributed by atoms with Crippen molar-refractivity contribution in [3.05, 3.63) is 0 Å². The molecule has 3 atom stereocenters. The number of amides is 1. The molecule has 1 saturated heterocycles. The maximum absolute atomic E-state index is 12.1. The Morgan fingerprint density at radius 3 is 2.12 bits per heavy atom. The fraction of sp³-hybridized carbons (Fsp3) is 0.929. The molecule has 1 amide bonds. The predicted molar refractivity (Wildman–Crippen MR) is 71.9 cm³/mol. The van der Waals surface area contributed by atoms with Crippen LogP contribution in [0.3, 0.4) is 0 Å². The maximum atomic E-state index is 12.1. The molecule has 3 heteroatoms. The number of hydrogen-bond donors (Lipinski definition) is 1. The topological polar surface area (TPSA) is 32.3 Å². The Kier molecular flexibility index (Phi) is 4.59. The molecule has 17 heavy (non-hydrogen) atoms. The predicted octanol–water partition coefficient (Wildman–Crippen LogP) is 2.27. The number of rotatable bonds is 2. The normalized spacial score (nSPS) is 28.8. The van der Waals surface area contributed by atoms with E-state index in [0.717, 1.165) is 13.1 Å². The van der Waals surface area contributed by atoms with Crippen molar-refractivity contribution in [1.29, 1.82) is 0 Å². The van der Waals surface area contributed by atoms with Crippen molar-refractivity contribution in [2.24, 2.45) is 11.8 Å². The van der Waals surface area contributed by atoms with Crippen molar-refractivity contribution in [1.82, 2.24) is 10.2 Å². The van der Waals surface area contributed by atoms with Crippen LogP contribution in [-0.4, -0.2) is 35.5 Å². The van der Waals surface area contributed by atoms with E-state index >= 15 is 0 Å². The van der Waals surface area contributed by atoms with Crippen LogP contribution in [0.25, 0.3) is 0 Å². The first kappa shape index (κ1) is 14.5. The van der Waals surface area contributed by atoms with Crippen LogP contribution in [0.5, 0.6) is 0 Å². The molecule has 1 heterocycles. The molecule has 0 radical (unpaired) electrons. The quantitative estimate of drug-likeness (QED) is 0.803. The Hall–Kier alpha value is -0.570. The Morgan fingerprint density at radius 1 is 1.24 bits per heavy atom. The summed E-state index contributed by atoms with van der Waals surface area (Å²) in [6.07, 6.45) is 1.28. The summed E-state index contributed by atoms with van der Waals surface area (Å²) in [4.78, 5) is 14.4. The summed E-state index contributed by atoms with van der Waals surface area (Å²) in [5, 5.41) is 3.07. The third kappa shape index (κ3) is 4.66. The second kappa shape index (κ2) is 5.38. The van der Waals surface area contributed by atoms with Crippen molar-refractivity contribution in [3.8, 4) is 0 Å². The van der Waals surface area contributed by atoms with Gasteiger partial charge in [0.1, 0.15) is 0 Å². The van der Waals surface area contributed by atoms with Gasteiger partial charge in [-0.3, -0.25) is 9.69 Å². The first-order valence-electron chi connectivity index (χ1n) is 6.75. The van der Waals surface area contributed by atoms with E-state index in [-0.39, 0.29) is 17.5 Å². The van der Waals surface area contributed by atoms with Crippen molar-refractivity contribution in [2.75, 3.05) is 13.1 Å². The highest BCUT2D eigenvalue weighted by Crippen LogP contribution is 2.22. The number of hydrogen-bond acceptors (Lipinski definition) is 2. The van der Waals surface area contributed by atoms with E-state index in [1.165, 1.54) is 6.42 Å². The maximum Gasteiger partial charge on any atom is 0.237 e. The minimum absolute atomic E-state index is 0.0144. The summed E-state index contributed by atoms with van der Waals surface area (Å²) in [5.41, 5.74) is -0.141. The van der Waals surface area contributed by atoms with Crippen molar-refractivity contribution < 1.29 is 4.79 Å². The van der Waals surface area contributed by atoms with Crippen LogP contribution in [0.1, 0.15) is 48.0 Å². The van der Waals surface area contributed by atoms with E-state index in [4.69, 9.17) is 0 Å². The van der Waals surface area contributed by atoms with Gasteiger partial charge in [0, 0.05) is 18.6 Å². The van der Waals surface area contributed by atoms with Gasteiger partial charge in [0.15, 0.2) is 0 Å². The third-order valence-corrected chi connectivity index (χ3v) is 3.32. The van der Waals surface area contributed by atoms with Gasteiger partial charge in [-0.1, -0.05) is 13.8 Å². The highest BCUT2D eigenvalue weighted by Gasteiger charge is 2.29. The first-order valence-corrected chi connectivity index (χ1v) is 6.75. The van der Waals surface area contributed by atoms with Gasteiger partial charge in [-0.05, 0) is 46.0 Å². The summed E-state index contributed by atoms with van der Waals surface area (Å²) in [6.45, 7) is 14.7. The van der Waals surface area contributed by atoms with Gasteiger partial charge in [-0.15, -0.1) is 0 Å². The minimum Gasteiger partial charge on any atom is -0.350 e. The van der Waals surface area contributed by atoms with Crippen LogP contribution in [0.4, 0.5) is 0 Å². The molecule has 1 rings (SSSR count). The van der Waals surface area contributed by atoms with E-state index in [1.54, 1.807) is 0 Å². The smallest absolute Gasteiger partial charge is 0.237 e. The minimum atomic E-state index is -0.141. The summed E-state index contributed by atoms with van der Waals surface area (Å²) < 4.78 is 0. The van der Waals surface area contributed by atoms with Crippen LogP contribution >= 0.6 is 0 Å². The lowest BCUT2D eigenvalue weighted by atomic mass is 9.91. The van der Waals surface area contributed by atoms with Crippen molar-refractivity contribution >= 4 is 5.91 Å². The SMILES string of the molecule is CC1CC(C)CN(C(C)C(=O)NC(C)(C)C)C1. The van der Waals surface area contributed by atoms with Crippen LogP contribution in [0, 0.1) is 11.8 Å². The molecule has 0 spiro atoms. The molecule has 100 valence electrons. The lowest BCUT2D eigenvalue weighted by molar-refractivity contribution is -0.128. The number of carbonyl (C=O) groups excluding carboxylic acids is 1. The molecule has 3 nitrogen and oxygen atoms in total. The Balaban J connectivity index is 2.57. The van der Waals surface area contributed by atoms with Crippen LogP contribution in [0.15, 0.2) is 0 Å². The van der Waals surface area contributed by atoms with E-state index in [2.05, 4.69) is 24.1 Å². The van der Waals surface area contributed by atoms with Gasteiger partial charge < -0.3 is 5.32 Å². The van der Waals surface area contributed by atoms with Crippen LogP contribution in [-0.2, 0) is 4.79 Å². The zero-order valence-corrected chi connectivity index (χ0v) is 12.2. The lowest BCUT2D eigenvalue weighted by Gasteiger charge is -2.39. The molecular formula is C14H28N2O. The van der Waals surface area contributed by atoms with Gasteiger partial charge in [-0.2, -0.15) is 0 Å². The molecule has 0 aromatic rings. The summed E-state index contributed by atoms with van der Waals surface area (Å²) >= 11 is 0. The lowest BCUT2D eigenvalue weighted by Crippen LogP contribution is -2.54. The van der Waals surface area contributed by atoms with E-state index < -0.39 is 0 Å². The summed E-state index contributed by atoms with van der Waals surface area (Å²) in [6, 6.07) is -0.0144.